The van der Waals surface area contributed by atoms with Crippen molar-refractivity contribution in [2.75, 3.05) is 11.1 Å². The maximum atomic E-state index is 12.5. The van der Waals surface area contributed by atoms with Crippen molar-refractivity contribution in [2.45, 2.75) is 59.3 Å². The fourth-order valence-electron chi connectivity index (χ4n) is 3.45. The first-order valence-electron chi connectivity index (χ1n) is 10.4. The quantitative estimate of drug-likeness (QED) is 0.477. The molecule has 0 spiro atoms. The lowest BCUT2D eigenvalue weighted by Gasteiger charge is -2.16. The van der Waals surface area contributed by atoms with Gasteiger partial charge >= 0.3 is 0 Å². The first-order chi connectivity index (χ1) is 14.8. The number of aromatic nitrogens is 3. The van der Waals surface area contributed by atoms with Gasteiger partial charge in [0.1, 0.15) is 5.75 Å². The Labute approximate surface area is 188 Å². The van der Waals surface area contributed by atoms with E-state index < -0.39 is 0 Å². The van der Waals surface area contributed by atoms with Crippen molar-refractivity contribution in [3.8, 4) is 5.75 Å². The largest absolute Gasteiger partial charge is 0.483 e. The molecule has 1 unspecified atom stereocenters. The zero-order chi connectivity index (χ0) is 22.5. The molecule has 7 heteroatoms. The molecule has 1 aromatic heterocycles. The first-order valence-corrected chi connectivity index (χ1v) is 11.4. The van der Waals surface area contributed by atoms with E-state index >= 15 is 0 Å². The lowest BCUT2D eigenvalue weighted by molar-refractivity contribution is -0.113. The number of nitrogens with zero attached hydrogens (tertiary/aromatic N) is 3. The van der Waals surface area contributed by atoms with Crippen molar-refractivity contribution >= 4 is 23.4 Å². The average Bonchev–Trinajstić information content (AvgIpc) is 3.11. The molecule has 1 amide bonds. The summed E-state index contributed by atoms with van der Waals surface area (Å²) in [5, 5.41) is 12.4. The van der Waals surface area contributed by atoms with Gasteiger partial charge in [-0.25, -0.2) is 0 Å². The van der Waals surface area contributed by atoms with Crippen molar-refractivity contribution in [3.63, 3.8) is 0 Å². The zero-order valence-corrected chi connectivity index (χ0v) is 19.8. The summed E-state index contributed by atoms with van der Waals surface area (Å²) in [4.78, 5) is 12.5. The minimum absolute atomic E-state index is 0.0644. The molecule has 164 valence electrons. The van der Waals surface area contributed by atoms with Gasteiger partial charge in [0.2, 0.25) is 5.91 Å². The molecule has 0 saturated heterocycles. The SMILES string of the molecule is CCn1c(SCC(=O)Nc2cc(C)ccc2C)nnc1C(C)Oc1cc(C)cc(C)c1. The van der Waals surface area contributed by atoms with Crippen LogP contribution in [0.1, 0.15) is 48.0 Å². The summed E-state index contributed by atoms with van der Waals surface area (Å²) in [5.41, 5.74) is 5.32. The van der Waals surface area contributed by atoms with Crippen LogP contribution in [-0.4, -0.2) is 26.4 Å². The minimum atomic E-state index is -0.258. The smallest absolute Gasteiger partial charge is 0.234 e. The summed E-state index contributed by atoms with van der Waals surface area (Å²) in [6.45, 7) is 12.8. The second-order valence-electron chi connectivity index (χ2n) is 7.82. The number of nitrogens with one attached hydrogen (secondary N) is 1. The van der Waals surface area contributed by atoms with Crippen LogP contribution in [0.3, 0.4) is 0 Å². The Balaban J connectivity index is 1.66. The standard InChI is InChI=1S/C24H30N4O2S/c1-7-28-23(19(6)30-20-11-16(3)10-17(4)12-20)26-27-24(28)31-14-22(29)25-21-13-15(2)8-9-18(21)5/h8-13,19H,7,14H2,1-6H3,(H,25,29). The summed E-state index contributed by atoms with van der Waals surface area (Å²) in [5.74, 6) is 1.76. The maximum absolute atomic E-state index is 12.5. The van der Waals surface area contributed by atoms with Crippen molar-refractivity contribution < 1.29 is 9.53 Å². The molecule has 0 saturated carbocycles. The van der Waals surface area contributed by atoms with Crippen LogP contribution in [-0.2, 0) is 11.3 Å². The molecule has 3 rings (SSSR count). The van der Waals surface area contributed by atoms with Gasteiger partial charge in [0.25, 0.3) is 0 Å². The molecule has 1 heterocycles. The number of hydrogen-bond acceptors (Lipinski definition) is 5. The third-order valence-electron chi connectivity index (χ3n) is 4.93. The summed E-state index contributed by atoms with van der Waals surface area (Å²) in [7, 11) is 0. The number of aryl methyl sites for hydroxylation is 4. The van der Waals surface area contributed by atoms with E-state index in [0.717, 1.165) is 39.5 Å². The van der Waals surface area contributed by atoms with E-state index in [1.54, 1.807) is 0 Å². The van der Waals surface area contributed by atoms with Gasteiger partial charge in [-0.3, -0.25) is 4.79 Å². The molecule has 3 aromatic rings. The Morgan fingerprint density at radius 1 is 1.06 bits per heavy atom. The van der Waals surface area contributed by atoms with E-state index in [0.29, 0.717) is 11.7 Å². The maximum Gasteiger partial charge on any atom is 0.234 e. The van der Waals surface area contributed by atoms with Gasteiger partial charge < -0.3 is 14.6 Å². The predicted octanol–water partition coefficient (Wildman–Crippen LogP) is 5.40. The van der Waals surface area contributed by atoms with Gasteiger partial charge in [-0.1, -0.05) is 30.0 Å². The third-order valence-corrected chi connectivity index (χ3v) is 5.90. The second kappa shape index (κ2) is 10.0. The highest BCUT2D eigenvalue weighted by Crippen LogP contribution is 2.26. The van der Waals surface area contributed by atoms with Gasteiger partial charge in [0.15, 0.2) is 17.1 Å². The number of ether oxygens (including phenoxy) is 1. The Bertz CT molecular complexity index is 1060. The van der Waals surface area contributed by atoms with Gasteiger partial charge in [0.05, 0.1) is 5.75 Å². The van der Waals surface area contributed by atoms with Gasteiger partial charge in [0, 0.05) is 12.2 Å². The van der Waals surface area contributed by atoms with E-state index in [9.17, 15) is 4.79 Å². The Morgan fingerprint density at radius 2 is 1.77 bits per heavy atom. The highest BCUT2D eigenvalue weighted by Gasteiger charge is 2.20. The summed E-state index contributed by atoms with van der Waals surface area (Å²) in [6.07, 6.45) is -0.258. The van der Waals surface area contributed by atoms with Crippen LogP contribution in [0, 0.1) is 27.7 Å². The van der Waals surface area contributed by atoms with E-state index in [-0.39, 0.29) is 17.8 Å². The summed E-state index contributed by atoms with van der Waals surface area (Å²) in [6, 6.07) is 12.2. The lowest BCUT2D eigenvalue weighted by atomic mass is 10.1. The fraction of sp³-hybridized carbons (Fsp3) is 0.375. The number of hydrogen-bond donors (Lipinski definition) is 1. The molecule has 0 radical (unpaired) electrons. The molecule has 2 aromatic carbocycles. The number of rotatable bonds is 8. The lowest BCUT2D eigenvalue weighted by Crippen LogP contribution is -2.16. The normalized spacial score (nSPS) is 11.9. The highest BCUT2D eigenvalue weighted by molar-refractivity contribution is 7.99. The van der Waals surface area contributed by atoms with Crippen molar-refractivity contribution in [3.05, 3.63) is 64.5 Å². The molecule has 0 aliphatic rings. The van der Waals surface area contributed by atoms with Crippen LogP contribution in [0.25, 0.3) is 0 Å². The van der Waals surface area contributed by atoms with Gasteiger partial charge in [-0.15, -0.1) is 10.2 Å². The van der Waals surface area contributed by atoms with Crippen LogP contribution in [0.2, 0.25) is 0 Å². The van der Waals surface area contributed by atoms with Crippen molar-refractivity contribution in [1.82, 2.24) is 14.8 Å². The first kappa shape index (κ1) is 22.9. The third kappa shape index (κ3) is 5.88. The van der Waals surface area contributed by atoms with Crippen LogP contribution >= 0.6 is 11.8 Å². The van der Waals surface area contributed by atoms with E-state index in [1.165, 1.54) is 11.8 Å². The molecule has 0 bridgehead atoms. The zero-order valence-electron chi connectivity index (χ0n) is 19.0. The molecular formula is C24H30N4O2S. The van der Waals surface area contributed by atoms with Gasteiger partial charge in [-0.05, 0) is 82.0 Å². The fourth-order valence-corrected chi connectivity index (χ4v) is 4.26. The number of thioether (sulfide) groups is 1. The molecule has 0 fully saturated rings. The summed E-state index contributed by atoms with van der Waals surface area (Å²) < 4.78 is 8.14. The molecule has 1 N–H and O–H groups in total. The number of carbonyl (C=O) groups is 1. The van der Waals surface area contributed by atoms with E-state index in [2.05, 4.69) is 35.4 Å². The predicted molar refractivity (Wildman–Crippen MR) is 126 cm³/mol. The van der Waals surface area contributed by atoms with Crippen LogP contribution in [0.4, 0.5) is 5.69 Å². The number of carbonyl (C=O) groups excluding carboxylic acids is 1. The highest BCUT2D eigenvalue weighted by atomic mass is 32.2. The van der Waals surface area contributed by atoms with Crippen LogP contribution in [0.15, 0.2) is 41.6 Å². The number of amides is 1. The molecule has 1 atom stereocenters. The minimum Gasteiger partial charge on any atom is -0.483 e. The number of benzene rings is 2. The average molecular weight is 439 g/mol. The van der Waals surface area contributed by atoms with Gasteiger partial charge in [-0.2, -0.15) is 0 Å². The summed E-state index contributed by atoms with van der Waals surface area (Å²) >= 11 is 1.38. The van der Waals surface area contributed by atoms with Crippen molar-refractivity contribution in [1.29, 1.82) is 0 Å². The Hall–Kier alpha value is -2.80. The second-order valence-corrected chi connectivity index (χ2v) is 8.77. The molecule has 6 nitrogen and oxygen atoms in total. The van der Waals surface area contributed by atoms with E-state index in [4.69, 9.17) is 4.74 Å². The Morgan fingerprint density at radius 3 is 2.45 bits per heavy atom. The van der Waals surface area contributed by atoms with Crippen LogP contribution < -0.4 is 10.1 Å². The van der Waals surface area contributed by atoms with Crippen LogP contribution in [0.5, 0.6) is 5.75 Å². The molecule has 31 heavy (non-hydrogen) atoms. The van der Waals surface area contributed by atoms with E-state index in [1.807, 2.05) is 62.6 Å². The topological polar surface area (TPSA) is 69.0 Å². The molecular weight excluding hydrogens is 408 g/mol. The number of anilines is 1. The molecule has 0 aliphatic carbocycles. The van der Waals surface area contributed by atoms with Crippen molar-refractivity contribution in [2.24, 2.45) is 0 Å². The molecule has 0 aliphatic heterocycles. The monoisotopic (exact) mass is 438 g/mol. The Kier molecular flexibility index (Phi) is 7.38.